The summed E-state index contributed by atoms with van der Waals surface area (Å²) in [5.41, 5.74) is 0.661. The summed E-state index contributed by atoms with van der Waals surface area (Å²) in [4.78, 5) is 0. The second kappa shape index (κ2) is 6.60. The Bertz CT molecular complexity index is 270. The molecule has 2 saturated carbocycles. The lowest BCUT2D eigenvalue weighted by Crippen LogP contribution is -2.31. The zero-order chi connectivity index (χ0) is 12.8. The topological polar surface area (TPSA) is 23.8 Å². The van der Waals surface area contributed by atoms with Crippen molar-refractivity contribution in [3.05, 3.63) is 0 Å². The van der Waals surface area contributed by atoms with Crippen LogP contribution in [0.4, 0.5) is 0 Å². The third-order valence-corrected chi connectivity index (χ3v) is 5.61. The van der Waals surface area contributed by atoms with Gasteiger partial charge in [-0.05, 0) is 62.7 Å². The Hall–Kier alpha value is -0.510. The van der Waals surface area contributed by atoms with Crippen molar-refractivity contribution < 1.29 is 0 Å². The Morgan fingerprint density at radius 2 is 1.61 bits per heavy atom. The summed E-state index contributed by atoms with van der Waals surface area (Å²) in [6.07, 6.45) is 16.6. The van der Waals surface area contributed by atoms with Gasteiger partial charge in [0.25, 0.3) is 0 Å². The van der Waals surface area contributed by atoms with Gasteiger partial charge in [0.05, 0.1) is 6.07 Å². The lowest BCUT2D eigenvalue weighted by Gasteiger charge is -2.44. The Labute approximate surface area is 113 Å². The largest absolute Gasteiger partial charge is 0.198 e. The molecule has 0 N–H and O–H groups in total. The van der Waals surface area contributed by atoms with Crippen molar-refractivity contribution in [2.45, 2.75) is 84.0 Å². The Morgan fingerprint density at radius 1 is 1.00 bits per heavy atom. The quantitative estimate of drug-likeness (QED) is 0.605. The zero-order valence-electron chi connectivity index (χ0n) is 12.1. The van der Waals surface area contributed by atoms with E-state index in [1.807, 2.05) is 0 Å². The molecule has 0 aromatic heterocycles. The van der Waals surface area contributed by atoms with Gasteiger partial charge >= 0.3 is 0 Å². The van der Waals surface area contributed by atoms with Crippen LogP contribution in [0.2, 0.25) is 0 Å². The predicted octanol–water partition coefficient (Wildman–Crippen LogP) is 5.46. The normalized spacial score (nSPS) is 36.4. The highest BCUT2D eigenvalue weighted by Gasteiger charge is 2.38. The van der Waals surface area contributed by atoms with Gasteiger partial charge in [-0.15, -0.1) is 0 Å². The smallest absolute Gasteiger partial charge is 0.0655 e. The van der Waals surface area contributed by atoms with E-state index >= 15 is 0 Å². The van der Waals surface area contributed by atoms with Crippen molar-refractivity contribution in [3.63, 3.8) is 0 Å². The van der Waals surface area contributed by atoms with Gasteiger partial charge in [-0.3, -0.25) is 0 Å². The van der Waals surface area contributed by atoms with Crippen molar-refractivity contribution >= 4 is 0 Å². The van der Waals surface area contributed by atoms with Crippen molar-refractivity contribution in [2.24, 2.45) is 17.3 Å². The average Bonchev–Trinajstić information content (AvgIpc) is 2.42. The molecule has 0 aromatic rings. The molecule has 0 atom stereocenters. The molecule has 2 rings (SSSR count). The first-order valence-electron chi connectivity index (χ1n) is 8.17. The number of hydrogen-bond donors (Lipinski definition) is 0. The van der Waals surface area contributed by atoms with Crippen molar-refractivity contribution in [2.75, 3.05) is 0 Å². The van der Waals surface area contributed by atoms with E-state index in [9.17, 15) is 0 Å². The standard InChI is InChI=1S/C17H29N/c1-2-3-4-5-15-6-10-17(11-7-15)12-8-16(14-18)9-13-17/h15-16H,2-13H2,1H3. The predicted molar refractivity (Wildman–Crippen MR) is 76.1 cm³/mol. The molecular weight excluding hydrogens is 218 g/mol. The molecule has 2 aliphatic rings. The molecule has 0 radical (unpaired) electrons. The summed E-state index contributed by atoms with van der Waals surface area (Å²) in [5, 5.41) is 8.99. The van der Waals surface area contributed by atoms with Crippen LogP contribution < -0.4 is 0 Å². The molecule has 0 unspecified atom stereocenters. The average molecular weight is 247 g/mol. The van der Waals surface area contributed by atoms with E-state index in [1.54, 1.807) is 0 Å². The maximum atomic E-state index is 8.99. The number of nitrogens with zero attached hydrogens (tertiary/aromatic N) is 1. The van der Waals surface area contributed by atoms with Gasteiger partial charge in [0.15, 0.2) is 0 Å². The highest BCUT2D eigenvalue weighted by molar-refractivity contribution is 4.95. The molecule has 0 aromatic carbocycles. The van der Waals surface area contributed by atoms with Gasteiger partial charge in [0, 0.05) is 5.92 Å². The van der Waals surface area contributed by atoms with Crippen LogP contribution in [0.5, 0.6) is 0 Å². The molecule has 1 heteroatoms. The molecule has 0 bridgehead atoms. The van der Waals surface area contributed by atoms with Gasteiger partial charge in [-0.2, -0.15) is 5.26 Å². The molecule has 2 fully saturated rings. The van der Waals surface area contributed by atoms with Crippen LogP contribution in [-0.4, -0.2) is 0 Å². The summed E-state index contributed by atoms with van der Waals surface area (Å²) in [6.45, 7) is 2.30. The fourth-order valence-electron chi connectivity index (χ4n) is 4.12. The number of nitriles is 1. The first kappa shape index (κ1) is 13.9. The lowest BCUT2D eigenvalue weighted by atomic mass is 9.61. The molecular formula is C17H29N. The number of unbranched alkanes of at least 4 members (excludes halogenated alkanes) is 2. The number of hydrogen-bond acceptors (Lipinski definition) is 1. The summed E-state index contributed by atoms with van der Waals surface area (Å²) in [7, 11) is 0. The van der Waals surface area contributed by atoms with Gasteiger partial charge in [-0.1, -0.05) is 32.6 Å². The molecule has 0 aliphatic heterocycles. The maximum absolute atomic E-state index is 8.99. The third-order valence-electron chi connectivity index (χ3n) is 5.61. The van der Waals surface area contributed by atoms with E-state index in [0.29, 0.717) is 11.3 Å². The van der Waals surface area contributed by atoms with Crippen LogP contribution in [0, 0.1) is 28.6 Å². The molecule has 1 spiro atoms. The van der Waals surface area contributed by atoms with Gasteiger partial charge in [0.1, 0.15) is 0 Å². The summed E-state index contributed by atoms with van der Waals surface area (Å²) >= 11 is 0. The van der Waals surface area contributed by atoms with Crippen LogP contribution in [0.1, 0.15) is 84.0 Å². The van der Waals surface area contributed by atoms with Crippen molar-refractivity contribution in [1.29, 1.82) is 5.26 Å². The number of rotatable bonds is 4. The van der Waals surface area contributed by atoms with E-state index in [0.717, 1.165) is 5.92 Å². The Balaban J connectivity index is 1.71. The van der Waals surface area contributed by atoms with Crippen molar-refractivity contribution in [3.8, 4) is 6.07 Å². The van der Waals surface area contributed by atoms with E-state index < -0.39 is 0 Å². The zero-order valence-corrected chi connectivity index (χ0v) is 12.1. The second-order valence-corrected chi connectivity index (χ2v) is 6.84. The van der Waals surface area contributed by atoms with Crippen LogP contribution in [0.25, 0.3) is 0 Å². The van der Waals surface area contributed by atoms with Crippen molar-refractivity contribution in [1.82, 2.24) is 0 Å². The highest BCUT2D eigenvalue weighted by Crippen LogP contribution is 2.50. The first-order valence-corrected chi connectivity index (χ1v) is 8.17. The monoisotopic (exact) mass is 247 g/mol. The maximum Gasteiger partial charge on any atom is 0.0655 e. The van der Waals surface area contributed by atoms with E-state index in [-0.39, 0.29) is 0 Å². The van der Waals surface area contributed by atoms with Crippen LogP contribution >= 0.6 is 0 Å². The molecule has 0 amide bonds. The summed E-state index contributed by atoms with van der Waals surface area (Å²) in [6, 6.07) is 2.47. The van der Waals surface area contributed by atoms with Crippen LogP contribution in [-0.2, 0) is 0 Å². The molecule has 0 heterocycles. The van der Waals surface area contributed by atoms with Crippen LogP contribution in [0.3, 0.4) is 0 Å². The van der Waals surface area contributed by atoms with E-state index in [2.05, 4.69) is 13.0 Å². The highest BCUT2D eigenvalue weighted by atomic mass is 14.4. The summed E-state index contributed by atoms with van der Waals surface area (Å²) < 4.78 is 0. The molecule has 102 valence electrons. The summed E-state index contributed by atoms with van der Waals surface area (Å²) in [5.74, 6) is 1.40. The van der Waals surface area contributed by atoms with Crippen LogP contribution in [0.15, 0.2) is 0 Å². The molecule has 18 heavy (non-hydrogen) atoms. The minimum atomic E-state index is 0.373. The third kappa shape index (κ3) is 3.50. The van der Waals surface area contributed by atoms with E-state index in [1.165, 1.54) is 77.0 Å². The van der Waals surface area contributed by atoms with E-state index in [4.69, 9.17) is 5.26 Å². The van der Waals surface area contributed by atoms with Gasteiger partial charge in [0.2, 0.25) is 0 Å². The van der Waals surface area contributed by atoms with Gasteiger partial charge in [-0.25, -0.2) is 0 Å². The molecule has 0 saturated heterocycles. The fraction of sp³-hybridized carbons (Fsp3) is 0.941. The Morgan fingerprint density at radius 3 is 2.17 bits per heavy atom. The lowest BCUT2D eigenvalue weighted by molar-refractivity contribution is 0.0826. The minimum absolute atomic E-state index is 0.373. The SMILES string of the molecule is CCCCCC1CCC2(CCC(C#N)CC2)CC1. The molecule has 2 aliphatic carbocycles. The Kier molecular flexibility index (Phi) is 5.10. The first-order chi connectivity index (χ1) is 8.78. The fourth-order valence-corrected chi connectivity index (χ4v) is 4.12. The second-order valence-electron chi connectivity index (χ2n) is 6.84. The molecule has 1 nitrogen and oxygen atoms in total. The minimum Gasteiger partial charge on any atom is -0.198 e. The van der Waals surface area contributed by atoms with Gasteiger partial charge < -0.3 is 0 Å².